The van der Waals surface area contributed by atoms with Crippen molar-refractivity contribution < 1.29 is 0 Å². The molecular formula is C94H67BrN4. The number of fused-ring (bicyclic) bond motifs is 16. The Morgan fingerprint density at radius 2 is 0.586 bits per heavy atom. The van der Waals surface area contributed by atoms with Gasteiger partial charge in [-0.25, -0.2) is 0 Å². The number of H-pyrrole nitrogens is 1. The molecule has 16 aromatic carbocycles. The number of aromatic amines is 1. The molecule has 0 amide bonds. The van der Waals surface area contributed by atoms with Gasteiger partial charge in [-0.1, -0.05) is 297 Å². The van der Waals surface area contributed by atoms with Crippen LogP contribution >= 0.6 is 15.9 Å². The van der Waals surface area contributed by atoms with Gasteiger partial charge in [0.2, 0.25) is 0 Å². The molecular weight excluding hydrogens is 1260 g/mol. The van der Waals surface area contributed by atoms with Crippen molar-refractivity contribution in [1.82, 2.24) is 18.7 Å². The summed E-state index contributed by atoms with van der Waals surface area (Å²) in [7, 11) is 0. The SMILES string of the molecule is Brc1ccc(-c2ccccc2-c2ccccc2)cc1.CC.c1ccc(-c2ccccc2-c2ccc(-n3c4ccccc4c4cc5c6c7ccccc7ccc6n(-c6ccccc6)c5cc43)cc2)cc1.c1ccc(-n2c3cc4[nH]c5ccccc5c4cc3c3c4ccccc4ccc32)cc1. The van der Waals surface area contributed by atoms with Crippen LogP contribution in [0.3, 0.4) is 0 Å². The molecule has 0 bridgehead atoms. The van der Waals surface area contributed by atoms with Crippen LogP contribution in [0.25, 0.3) is 170 Å². The maximum atomic E-state index is 3.62. The quantitative estimate of drug-likeness (QED) is 0.165. The Morgan fingerprint density at radius 1 is 0.222 bits per heavy atom. The van der Waals surface area contributed by atoms with E-state index >= 15 is 0 Å². The number of aromatic nitrogens is 4. The van der Waals surface area contributed by atoms with E-state index in [-0.39, 0.29) is 0 Å². The summed E-state index contributed by atoms with van der Waals surface area (Å²) in [4.78, 5) is 3.62. The Bertz CT molecular complexity index is 6340. The maximum absolute atomic E-state index is 3.62. The molecule has 470 valence electrons. The minimum Gasteiger partial charge on any atom is -0.354 e. The van der Waals surface area contributed by atoms with Gasteiger partial charge in [-0.15, -0.1) is 0 Å². The first-order chi connectivity index (χ1) is 49.1. The van der Waals surface area contributed by atoms with Crippen molar-refractivity contribution in [2.24, 2.45) is 0 Å². The largest absolute Gasteiger partial charge is 0.354 e. The highest BCUT2D eigenvalue weighted by molar-refractivity contribution is 9.10. The van der Waals surface area contributed by atoms with Crippen LogP contribution in [0, 0.1) is 0 Å². The standard InChI is InChI=1S/C46H30N2.C28H18N2.C18H13Br.C2H6/c1-3-13-31(14-4-1)36-18-9-10-19-37(36)33-23-26-35(27-24-33)47-42-22-12-11-21-39(42)40-29-41-45(30-44(40)47)48(34-16-5-2-6-17-34)43-28-25-32-15-7-8-20-38(32)46(41)43;1-2-9-19(10-3-1)30-26-15-14-18-8-4-5-11-20(18)28(26)23-16-22-21-12-6-7-13-24(21)29-25(22)17-27(23)30;19-16-12-10-15(11-13-16)18-9-5-4-8-17(18)14-6-2-1-3-7-14;1-2/h1-30H;1-17,29H;1-13H;1-2H3. The minimum atomic E-state index is 1.11. The van der Waals surface area contributed by atoms with E-state index in [1.54, 1.807) is 0 Å². The molecule has 0 unspecified atom stereocenters. The molecule has 0 saturated carbocycles. The van der Waals surface area contributed by atoms with E-state index in [2.05, 4.69) is 393 Å². The molecule has 99 heavy (non-hydrogen) atoms. The molecule has 0 saturated heterocycles. The third-order valence-corrected chi connectivity index (χ3v) is 19.9. The third kappa shape index (κ3) is 10.8. The molecule has 0 fully saturated rings. The monoisotopic (exact) mass is 1330 g/mol. The van der Waals surface area contributed by atoms with Crippen LogP contribution in [-0.2, 0) is 0 Å². The Kier molecular flexibility index (Phi) is 15.9. The topological polar surface area (TPSA) is 30.6 Å². The first-order valence-corrected chi connectivity index (χ1v) is 34.9. The van der Waals surface area contributed by atoms with Crippen LogP contribution in [0.2, 0.25) is 0 Å². The van der Waals surface area contributed by atoms with Crippen LogP contribution in [-0.4, -0.2) is 18.7 Å². The summed E-state index contributed by atoms with van der Waals surface area (Å²) in [5, 5.41) is 15.4. The average molecular weight is 1330 g/mol. The second-order valence-electron chi connectivity index (χ2n) is 24.9. The van der Waals surface area contributed by atoms with Crippen molar-refractivity contribution in [3.8, 4) is 61.6 Å². The van der Waals surface area contributed by atoms with Crippen molar-refractivity contribution in [2.75, 3.05) is 0 Å². The molecule has 0 atom stereocenters. The fourth-order valence-corrected chi connectivity index (χ4v) is 15.3. The van der Waals surface area contributed by atoms with Crippen molar-refractivity contribution in [2.45, 2.75) is 13.8 Å². The number of nitrogens with one attached hydrogen (secondary N) is 1. The van der Waals surface area contributed by atoms with E-state index in [0.717, 1.165) is 15.8 Å². The van der Waals surface area contributed by atoms with Crippen LogP contribution in [0.1, 0.15) is 13.8 Å². The fourth-order valence-electron chi connectivity index (χ4n) is 15.0. The molecule has 0 aliphatic heterocycles. The molecule has 20 rings (SSSR count). The van der Waals surface area contributed by atoms with E-state index in [1.807, 2.05) is 19.9 Å². The summed E-state index contributed by atoms with van der Waals surface area (Å²) in [6.07, 6.45) is 0. The molecule has 4 heterocycles. The van der Waals surface area contributed by atoms with Gasteiger partial charge >= 0.3 is 0 Å². The van der Waals surface area contributed by atoms with Crippen molar-refractivity contribution in [3.05, 3.63) is 368 Å². The molecule has 0 radical (unpaired) electrons. The van der Waals surface area contributed by atoms with E-state index in [1.165, 1.54) is 159 Å². The summed E-state index contributed by atoms with van der Waals surface area (Å²) >= 11 is 3.48. The summed E-state index contributed by atoms with van der Waals surface area (Å²) in [6.45, 7) is 4.00. The Balaban J connectivity index is 0.000000122. The number of para-hydroxylation sites is 4. The molecule has 4 aromatic heterocycles. The number of benzene rings is 16. The zero-order valence-electron chi connectivity index (χ0n) is 54.9. The van der Waals surface area contributed by atoms with Crippen molar-refractivity contribution in [3.63, 3.8) is 0 Å². The predicted octanol–water partition coefficient (Wildman–Crippen LogP) is 26.7. The molecule has 5 heteroatoms. The fraction of sp³-hybridized carbons (Fsp3) is 0.0213. The smallest absolute Gasteiger partial charge is 0.0562 e. The third-order valence-electron chi connectivity index (χ3n) is 19.4. The normalized spacial score (nSPS) is 11.4. The average Bonchev–Trinajstić information content (AvgIpc) is 1.56. The molecule has 1 N–H and O–H groups in total. The molecule has 0 aliphatic carbocycles. The van der Waals surface area contributed by atoms with Gasteiger partial charge < -0.3 is 18.7 Å². The van der Waals surface area contributed by atoms with E-state index in [0.29, 0.717) is 0 Å². The summed E-state index contributed by atoms with van der Waals surface area (Å²) in [6, 6.07) is 131. The molecule has 4 nitrogen and oxygen atoms in total. The lowest BCUT2D eigenvalue weighted by Crippen LogP contribution is -1.96. The van der Waals surface area contributed by atoms with Gasteiger partial charge in [0.15, 0.2) is 0 Å². The van der Waals surface area contributed by atoms with Crippen molar-refractivity contribution in [1.29, 1.82) is 0 Å². The van der Waals surface area contributed by atoms with Gasteiger partial charge in [0.25, 0.3) is 0 Å². The number of hydrogen-bond donors (Lipinski definition) is 1. The van der Waals surface area contributed by atoms with Gasteiger partial charge in [0, 0.05) is 75.7 Å². The Morgan fingerprint density at radius 3 is 1.10 bits per heavy atom. The Hall–Kier alpha value is -12.3. The lowest BCUT2D eigenvalue weighted by Gasteiger charge is -2.13. The highest BCUT2D eigenvalue weighted by Crippen LogP contribution is 2.44. The number of nitrogens with zero attached hydrogens (tertiary/aromatic N) is 3. The van der Waals surface area contributed by atoms with Crippen LogP contribution < -0.4 is 0 Å². The zero-order valence-corrected chi connectivity index (χ0v) is 56.4. The molecule has 20 aromatic rings. The lowest BCUT2D eigenvalue weighted by molar-refractivity contribution is 1.16. The van der Waals surface area contributed by atoms with E-state index < -0.39 is 0 Å². The Labute approximate surface area is 583 Å². The van der Waals surface area contributed by atoms with E-state index in [4.69, 9.17) is 0 Å². The highest BCUT2D eigenvalue weighted by Gasteiger charge is 2.22. The minimum absolute atomic E-state index is 1.11. The predicted molar refractivity (Wildman–Crippen MR) is 428 cm³/mol. The van der Waals surface area contributed by atoms with Gasteiger partial charge in [0.1, 0.15) is 0 Å². The van der Waals surface area contributed by atoms with Crippen LogP contribution in [0.5, 0.6) is 0 Å². The van der Waals surface area contributed by atoms with Gasteiger partial charge in [0.05, 0.1) is 33.1 Å². The second-order valence-corrected chi connectivity index (χ2v) is 25.8. The van der Waals surface area contributed by atoms with Gasteiger partial charge in [-0.2, -0.15) is 0 Å². The number of halogens is 1. The van der Waals surface area contributed by atoms with Gasteiger partial charge in [-0.3, -0.25) is 0 Å². The number of hydrogen-bond acceptors (Lipinski definition) is 0. The summed E-state index contributed by atoms with van der Waals surface area (Å²) in [5.74, 6) is 0. The number of rotatable bonds is 7. The molecule has 0 aliphatic rings. The van der Waals surface area contributed by atoms with Crippen LogP contribution in [0.15, 0.2) is 368 Å². The first-order valence-electron chi connectivity index (χ1n) is 34.1. The summed E-state index contributed by atoms with van der Waals surface area (Å²) < 4.78 is 8.36. The van der Waals surface area contributed by atoms with Crippen molar-refractivity contribution >= 4 is 125 Å². The lowest BCUT2D eigenvalue weighted by atomic mass is 9.94. The first kappa shape index (κ1) is 60.4. The zero-order chi connectivity index (χ0) is 66.3. The second kappa shape index (κ2) is 26.0. The van der Waals surface area contributed by atoms with Crippen LogP contribution in [0.4, 0.5) is 0 Å². The molecule has 0 spiro atoms. The highest BCUT2D eigenvalue weighted by atomic mass is 79.9. The maximum Gasteiger partial charge on any atom is 0.0562 e. The van der Waals surface area contributed by atoms with E-state index in [9.17, 15) is 0 Å². The van der Waals surface area contributed by atoms with Gasteiger partial charge in [-0.05, 0) is 163 Å². The summed E-state index contributed by atoms with van der Waals surface area (Å²) in [5.41, 5.74) is 23.1.